The molecule has 4 nitrogen and oxygen atoms in total. The highest BCUT2D eigenvalue weighted by Crippen LogP contribution is 2.10. The van der Waals surface area contributed by atoms with Crippen LogP contribution in [0.3, 0.4) is 0 Å². The lowest BCUT2D eigenvalue weighted by Crippen LogP contribution is -2.39. The normalized spacial score (nSPS) is 10.7. The molecule has 0 aliphatic carbocycles. The summed E-state index contributed by atoms with van der Waals surface area (Å²) in [5.41, 5.74) is 6.03. The van der Waals surface area contributed by atoms with Gasteiger partial charge >= 0.3 is 0 Å². The van der Waals surface area contributed by atoms with Crippen LogP contribution in [-0.2, 0) is 0 Å². The second-order valence-electron chi connectivity index (χ2n) is 3.85. The van der Waals surface area contributed by atoms with E-state index < -0.39 is 0 Å². The molecule has 1 rings (SSSR count). The van der Waals surface area contributed by atoms with Crippen LogP contribution in [0.25, 0.3) is 0 Å². The van der Waals surface area contributed by atoms with Gasteiger partial charge in [-0.25, -0.2) is 4.98 Å². The third-order valence-corrected chi connectivity index (χ3v) is 1.64. The smallest absolute Gasteiger partial charge is 0.143 e. The minimum Gasteiger partial charge on any atom is -0.367 e. The zero-order chi connectivity index (χ0) is 10.6. The van der Waals surface area contributed by atoms with Crippen molar-refractivity contribution in [2.24, 2.45) is 5.73 Å². The van der Waals surface area contributed by atoms with Crippen LogP contribution in [0.1, 0.15) is 19.4 Å². The SMILES string of the molecule is CC(C)(N)CNc1ncccc1C#N. The minimum atomic E-state index is -0.315. The highest BCUT2D eigenvalue weighted by molar-refractivity contribution is 5.51. The van der Waals surface area contributed by atoms with E-state index in [0.717, 1.165) is 0 Å². The van der Waals surface area contributed by atoms with Crippen LogP contribution in [0.5, 0.6) is 0 Å². The minimum absolute atomic E-state index is 0.315. The van der Waals surface area contributed by atoms with Gasteiger partial charge in [0.25, 0.3) is 0 Å². The van der Waals surface area contributed by atoms with Crippen molar-refractivity contribution in [1.82, 2.24) is 4.98 Å². The molecule has 3 N–H and O–H groups in total. The van der Waals surface area contributed by atoms with E-state index in [9.17, 15) is 0 Å². The molecule has 0 bridgehead atoms. The Morgan fingerprint density at radius 2 is 2.36 bits per heavy atom. The van der Waals surface area contributed by atoms with Crippen LogP contribution in [0, 0.1) is 11.3 Å². The third-order valence-electron chi connectivity index (χ3n) is 1.64. The summed E-state index contributed by atoms with van der Waals surface area (Å²) in [5, 5.41) is 11.8. The summed E-state index contributed by atoms with van der Waals surface area (Å²) in [6.07, 6.45) is 1.65. The Kier molecular flexibility index (Phi) is 3.05. The maximum Gasteiger partial charge on any atom is 0.143 e. The van der Waals surface area contributed by atoms with Gasteiger partial charge in [-0.1, -0.05) is 0 Å². The number of hydrogen-bond donors (Lipinski definition) is 2. The van der Waals surface area contributed by atoms with Crippen molar-refractivity contribution in [1.29, 1.82) is 5.26 Å². The predicted molar refractivity (Wildman–Crippen MR) is 55.7 cm³/mol. The topological polar surface area (TPSA) is 74.7 Å². The van der Waals surface area contributed by atoms with E-state index in [1.54, 1.807) is 18.3 Å². The van der Waals surface area contributed by atoms with Gasteiger partial charge in [0, 0.05) is 18.3 Å². The van der Waals surface area contributed by atoms with E-state index in [-0.39, 0.29) is 5.54 Å². The first-order chi connectivity index (χ1) is 6.53. The number of aromatic nitrogens is 1. The van der Waals surface area contributed by atoms with Gasteiger partial charge < -0.3 is 11.1 Å². The molecule has 1 heterocycles. The lowest BCUT2D eigenvalue weighted by Gasteiger charge is -2.19. The molecule has 0 fully saturated rings. The highest BCUT2D eigenvalue weighted by Gasteiger charge is 2.11. The zero-order valence-electron chi connectivity index (χ0n) is 8.41. The molecule has 0 aliphatic heterocycles. The van der Waals surface area contributed by atoms with Crippen LogP contribution in [0.4, 0.5) is 5.82 Å². The predicted octanol–water partition coefficient (Wildman–Crippen LogP) is 1.10. The van der Waals surface area contributed by atoms with Crippen molar-refractivity contribution in [3.63, 3.8) is 0 Å². The van der Waals surface area contributed by atoms with Gasteiger partial charge in [-0.3, -0.25) is 0 Å². The van der Waals surface area contributed by atoms with Crippen molar-refractivity contribution in [3.05, 3.63) is 23.9 Å². The molecule has 74 valence electrons. The molecule has 0 saturated heterocycles. The molecule has 4 heteroatoms. The van der Waals surface area contributed by atoms with Gasteiger partial charge in [0.05, 0.1) is 5.56 Å². The standard InChI is InChI=1S/C10H14N4/c1-10(2,12)7-14-9-8(6-11)4-3-5-13-9/h3-5H,7,12H2,1-2H3,(H,13,14). The second kappa shape index (κ2) is 4.07. The van der Waals surface area contributed by atoms with Crippen LogP contribution in [0.15, 0.2) is 18.3 Å². The molecule has 0 aliphatic rings. The molecule has 0 atom stereocenters. The molecule has 0 saturated carbocycles. The molecule has 0 aromatic carbocycles. The van der Waals surface area contributed by atoms with Crippen LogP contribution in [-0.4, -0.2) is 17.1 Å². The van der Waals surface area contributed by atoms with E-state index in [1.807, 2.05) is 13.8 Å². The van der Waals surface area contributed by atoms with Gasteiger partial charge in [0.1, 0.15) is 11.9 Å². The van der Waals surface area contributed by atoms with Crippen LogP contribution in [0.2, 0.25) is 0 Å². The molecule has 1 aromatic heterocycles. The molecule has 1 aromatic rings. The maximum atomic E-state index is 8.79. The highest BCUT2D eigenvalue weighted by atomic mass is 15.0. The van der Waals surface area contributed by atoms with E-state index in [0.29, 0.717) is 17.9 Å². The van der Waals surface area contributed by atoms with E-state index in [1.165, 1.54) is 0 Å². The third kappa shape index (κ3) is 3.04. The lowest BCUT2D eigenvalue weighted by atomic mass is 10.1. The maximum absolute atomic E-state index is 8.79. The monoisotopic (exact) mass is 190 g/mol. The van der Waals surface area contributed by atoms with Gasteiger partial charge in [0.15, 0.2) is 0 Å². The average Bonchev–Trinajstić information content (AvgIpc) is 2.14. The van der Waals surface area contributed by atoms with Crippen molar-refractivity contribution < 1.29 is 0 Å². The number of pyridine rings is 1. The number of nitriles is 1. The van der Waals surface area contributed by atoms with Crippen molar-refractivity contribution in [2.45, 2.75) is 19.4 Å². The van der Waals surface area contributed by atoms with Gasteiger partial charge in [-0.2, -0.15) is 5.26 Å². The summed E-state index contributed by atoms with van der Waals surface area (Å²) in [6.45, 7) is 4.41. The Morgan fingerprint density at radius 3 is 2.93 bits per heavy atom. The fourth-order valence-corrected chi connectivity index (χ4v) is 0.948. The van der Waals surface area contributed by atoms with E-state index in [2.05, 4.69) is 16.4 Å². The Morgan fingerprint density at radius 1 is 1.64 bits per heavy atom. The number of hydrogen-bond acceptors (Lipinski definition) is 4. The van der Waals surface area contributed by atoms with Crippen molar-refractivity contribution >= 4 is 5.82 Å². The number of anilines is 1. The lowest BCUT2D eigenvalue weighted by molar-refractivity contribution is 0.548. The summed E-state index contributed by atoms with van der Waals surface area (Å²) >= 11 is 0. The summed E-state index contributed by atoms with van der Waals surface area (Å²) < 4.78 is 0. The second-order valence-corrected chi connectivity index (χ2v) is 3.85. The van der Waals surface area contributed by atoms with Crippen LogP contribution >= 0.6 is 0 Å². The molecular formula is C10H14N4. The quantitative estimate of drug-likeness (QED) is 0.748. The van der Waals surface area contributed by atoms with Gasteiger partial charge in [0.2, 0.25) is 0 Å². The van der Waals surface area contributed by atoms with Gasteiger partial charge in [-0.15, -0.1) is 0 Å². The average molecular weight is 190 g/mol. The molecule has 0 unspecified atom stereocenters. The fourth-order valence-electron chi connectivity index (χ4n) is 0.948. The molecule has 0 amide bonds. The van der Waals surface area contributed by atoms with E-state index in [4.69, 9.17) is 11.0 Å². The van der Waals surface area contributed by atoms with Crippen molar-refractivity contribution in [3.8, 4) is 6.07 Å². The fraction of sp³-hybridized carbons (Fsp3) is 0.400. The number of nitrogens with zero attached hydrogens (tertiary/aromatic N) is 2. The molecule has 0 spiro atoms. The van der Waals surface area contributed by atoms with Crippen LogP contribution < -0.4 is 11.1 Å². The van der Waals surface area contributed by atoms with Crippen molar-refractivity contribution in [2.75, 3.05) is 11.9 Å². The van der Waals surface area contributed by atoms with E-state index >= 15 is 0 Å². The first kappa shape index (κ1) is 10.5. The first-order valence-corrected chi connectivity index (χ1v) is 4.41. The Hall–Kier alpha value is -1.60. The summed E-state index contributed by atoms with van der Waals surface area (Å²) in [4.78, 5) is 4.06. The number of rotatable bonds is 3. The largest absolute Gasteiger partial charge is 0.367 e. The first-order valence-electron chi connectivity index (χ1n) is 4.41. The Labute approximate surface area is 83.8 Å². The summed E-state index contributed by atoms with van der Waals surface area (Å²) in [5.74, 6) is 0.591. The van der Waals surface area contributed by atoms with Gasteiger partial charge in [-0.05, 0) is 26.0 Å². The summed E-state index contributed by atoms with van der Waals surface area (Å²) in [7, 11) is 0. The number of nitrogens with one attached hydrogen (secondary N) is 1. The molecular weight excluding hydrogens is 176 g/mol. The Balaban J connectivity index is 2.73. The summed E-state index contributed by atoms with van der Waals surface area (Å²) in [6, 6.07) is 5.52. The molecule has 0 radical (unpaired) electrons. The molecule has 14 heavy (non-hydrogen) atoms. The number of nitrogens with two attached hydrogens (primary N) is 1. The Bertz CT molecular complexity index is 346. The zero-order valence-corrected chi connectivity index (χ0v) is 8.41.